The van der Waals surface area contributed by atoms with Gasteiger partial charge in [0, 0.05) is 12.4 Å². The van der Waals surface area contributed by atoms with E-state index in [1.54, 1.807) is 6.92 Å². The smallest absolute Gasteiger partial charge is 0.330 e. The summed E-state index contributed by atoms with van der Waals surface area (Å²) in [7, 11) is 0. The number of alkyl halides is 3. The van der Waals surface area contributed by atoms with E-state index in [2.05, 4.69) is 20.9 Å². The Hall–Kier alpha value is -0.550. The molecular weight excluding hydrogens is 244 g/mol. The van der Waals surface area contributed by atoms with Crippen LogP contribution in [0.4, 0.5) is 8.78 Å². The molecule has 0 amide bonds. The molecule has 0 bridgehead atoms. The van der Waals surface area contributed by atoms with Crippen molar-refractivity contribution in [3.05, 3.63) is 29.6 Å². The van der Waals surface area contributed by atoms with Gasteiger partial charge in [0.2, 0.25) is 0 Å². The zero-order valence-electron chi connectivity index (χ0n) is 6.84. The average Bonchev–Trinajstić information content (AvgIpc) is 2.02. The summed E-state index contributed by atoms with van der Waals surface area (Å²) in [4.78, 5) is 0.432. The Morgan fingerprint density at radius 1 is 1.62 bits per heavy atom. The third-order valence-corrected chi connectivity index (χ3v) is 2.10. The first kappa shape index (κ1) is 10.5. The van der Waals surface area contributed by atoms with E-state index in [0.29, 0.717) is 5.56 Å². The summed E-state index contributed by atoms with van der Waals surface area (Å²) in [6.07, 6.45) is 0.956. The number of halogens is 3. The fourth-order valence-corrected chi connectivity index (χ4v) is 1.21. The number of nitrogens with zero attached hydrogens (tertiary/aromatic N) is 1. The number of aromatic nitrogens is 1. The van der Waals surface area contributed by atoms with E-state index in [0.717, 1.165) is 0 Å². The zero-order chi connectivity index (χ0) is 10.1. The number of pyridine rings is 1. The van der Waals surface area contributed by atoms with Gasteiger partial charge in [-0.2, -0.15) is 8.78 Å². The van der Waals surface area contributed by atoms with Crippen LogP contribution in [0.2, 0.25) is 0 Å². The van der Waals surface area contributed by atoms with Gasteiger partial charge >= 0.3 is 4.83 Å². The molecule has 1 atom stereocenters. The summed E-state index contributed by atoms with van der Waals surface area (Å²) in [5, 5.41) is 9.21. The van der Waals surface area contributed by atoms with Gasteiger partial charge in [-0.25, -0.2) is 0 Å². The molecule has 5 heteroatoms. The van der Waals surface area contributed by atoms with Crippen LogP contribution in [0.15, 0.2) is 18.5 Å². The summed E-state index contributed by atoms with van der Waals surface area (Å²) in [5.41, 5.74) is 0.714. The standard InChI is InChI=1S/C8H8BrF2NO/c1-5-4-12-3-2-6(5)7(13)8(9,10)11/h2-4,7,13H,1H3. The van der Waals surface area contributed by atoms with Crippen LogP contribution in [-0.2, 0) is 0 Å². The van der Waals surface area contributed by atoms with E-state index in [4.69, 9.17) is 0 Å². The van der Waals surface area contributed by atoms with E-state index in [1.807, 2.05) is 0 Å². The predicted molar refractivity (Wildman–Crippen MR) is 47.8 cm³/mol. The average molecular weight is 252 g/mol. The van der Waals surface area contributed by atoms with Gasteiger partial charge in [0.15, 0.2) is 6.10 Å². The summed E-state index contributed by atoms with van der Waals surface area (Å²) in [6, 6.07) is 1.37. The van der Waals surface area contributed by atoms with Crippen LogP contribution in [0.3, 0.4) is 0 Å². The Morgan fingerprint density at radius 3 is 2.69 bits per heavy atom. The molecule has 72 valence electrons. The van der Waals surface area contributed by atoms with Gasteiger partial charge in [0.05, 0.1) is 0 Å². The number of hydrogen-bond acceptors (Lipinski definition) is 2. The van der Waals surface area contributed by atoms with E-state index >= 15 is 0 Å². The molecule has 1 unspecified atom stereocenters. The lowest BCUT2D eigenvalue weighted by atomic mass is 10.1. The lowest BCUT2D eigenvalue weighted by molar-refractivity contribution is -0.0298. The Balaban J connectivity index is 3.02. The van der Waals surface area contributed by atoms with Crippen LogP contribution in [0.1, 0.15) is 17.2 Å². The van der Waals surface area contributed by atoms with Gasteiger partial charge in [-0.3, -0.25) is 4.98 Å². The van der Waals surface area contributed by atoms with Crippen molar-refractivity contribution in [3.63, 3.8) is 0 Å². The molecule has 13 heavy (non-hydrogen) atoms. The summed E-state index contributed by atoms with van der Waals surface area (Å²) in [5.74, 6) is 0. The number of hydrogen-bond donors (Lipinski definition) is 1. The van der Waals surface area contributed by atoms with Crippen molar-refractivity contribution in [2.24, 2.45) is 0 Å². The molecule has 0 saturated heterocycles. The fourth-order valence-electron chi connectivity index (χ4n) is 0.967. The molecule has 1 rings (SSSR count). The molecule has 0 spiro atoms. The third-order valence-electron chi connectivity index (χ3n) is 1.67. The molecule has 0 aliphatic heterocycles. The van der Waals surface area contributed by atoms with E-state index in [-0.39, 0.29) is 5.56 Å². The summed E-state index contributed by atoms with van der Waals surface area (Å²) >= 11 is 2.11. The molecule has 0 aromatic carbocycles. The normalized spacial score (nSPS) is 14.2. The molecular formula is C8H8BrF2NO. The van der Waals surface area contributed by atoms with Crippen molar-refractivity contribution in [1.82, 2.24) is 4.98 Å². The van der Waals surface area contributed by atoms with Crippen LogP contribution in [-0.4, -0.2) is 14.9 Å². The minimum Gasteiger partial charge on any atom is -0.381 e. The Bertz CT molecular complexity index is 300. The molecule has 1 heterocycles. The van der Waals surface area contributed by atoms with E-state index in [1.165, 1.54) is 18.5 Å². The number of aliphatic hydroxyl groups is 1. The quantitative estimate of drug-likeness (QED) is 0.820. The Morgan fingerprint density at radius 2 is 2.23 bits per heavy atom. The van der Waals surface area contributed by atoms with Gasteiger partial charge in [0.1, 0.15) is 0 Å². The highest BCUT2D eigenvalue weighted by Gasteiger charge is 2.36. The second-order valence-electron chi connectivity index (χ2n) is 2.68. The molecule has 1 N–H and O–H groups in total. The number of rotatable bonds is 2. The highest BCUT2D eigenvalue weighted by Crippen LogP contribution is 2.37. The molecule has 2 nitrogen and oxygen atoms in total. The van der Waals surface area contributed by atoms with Crippen molar-refractivity contribution in [2.75, 3.05) is 0 Å². The van der Waals surface area contributed by atoms with Gasteiger partial charge in [-0.1, -0.05) is 0 Å². The molecule has 1 aromatic rings. The van der Waals surface area contributed by atoms with Gasteiger partial charge in [0.25, 0.3) is 0 Å². The van der Waals surface area contributed by atoms with Crippen LogP contribution >= 0.6 is 15.9 Å². The van der Waals surface area contributed by atoms with Gasteiger partial charge in [-0.05, 0) is 40.0 Å². The Kier molecular flexibility index (Phi) is 2.98. The Labute approximate surface area is 82.7 Å². The predicted octanol–water partition coefficient (Wildman–Crippen LogP) is 2.41. The minimum absolute atomic E-state index is 0.178. The first-order valence-corrected chi connectivity index (χ1v) is 4.37. The second-order valence-corrected chi connectivity index (χ2v) is 3.73. The first-order chi connectivity index (χ1) is 5.93. The minimum atomic E-state index is -3.31. The fraction of sp³-hybridized carbons (Fsp3) is 0.375. The lowest BCUT2D eigenvalue weighted by Gasteiger charge is -2.17. The van der Waals surface area contributed by atoms with Crippen molar-refractivity contribution in [3.8, 4) is 0 Å². The van der Waals surface area contributed by atoms with Crippen LogP contribution < -0.4 is 0 Å². The van der Waals surface area contributed by atoms with Crippen molar-refractivity contribution >= 4 is 15.9 Å². The van der Waals surface area contributed by atoms with Crippen LogP contribution in [0, 0.1) is 6.92 Å². The topological polar surface area (TPSA) is 33.1 Å². The molecule has 0 fully saturated rings. The monoisotopic (exact) mass is 251 g/mol. The highest BCUT2D eigenvalue weighted by molar-refractivity contribution is 9.10. The maximum atomic E-state index is 12.6. The summed E-state index contributed by atoms with van der Waals surface area (Å²) < 4.78 is 25.3. The third kappa shape index (κ3) is 2.45. The van der Waals surface area contributed by atoms with E-state index in [9.17, 15) is 13.9 Å². The molecule has 1 aromatic heterocycles. The molecule has 0 aliphatic rings. The van der Waals surface area contributed by atoms with Crippen molar-refractivity contribution in [2.45, 2.75) is 17.9 Å². The second kappa shape index (κ2) is 3.67. The van der Waals surface area contributed by atoms with Gasteiger partial charge in [-0.15, -0.1) is 0 Å². The molecule has 0 saturated carbocycles. The number of aryl methyl sites for hydroxylation is 1. The maximum Gasteiger partial charge on any atom is 0.330 e. The maximum absolute atomic E-state index is 12.6. The van der Waals surface area contributed by atoms with Gasteiger partial charge < -0.3 is 5.11 Å². The van der Waals surface area contributed by atoms with E-state index < -0.39 is 10.9 Å². The van der Waals surface area contributed by atoms with Crippen molar-refractivity contribution < 1.29 is 13.9 Å². The van der Waals surface area contributed by atoms with Crippen LogP contribution in [0.5, 0.6) is 0 Å². The summed E-state index contributed by atoms with van der Waals surface area (Å²) in [6.45, 7) is 1.62. The molecule has 0 radical (unpaired) electrons. The largest absolute Gasteiger partial charge is 0.381 e. The number of aliphatic hydroxyl groups excluding tert-OH is 1. The SMILES string of the molecule is Cc1cnccc1C(O)C(F)(F)Br. The highest BCUT2D eigenvalue weighted by atomic mass is 79.9. The van der Waals surface area contributed by atoms with Crippen molar-refractivity contribution in [1.29, 1.82) is 0 Å². The molecule has 0 aliphatic carbocycles. The van der Waals surface area contributed by atoms with Crippen LogP contribution in [0.25, 0.3) is 0 Å². The lowest BCUT2D eigenvalue weighted by Crippen LogP contribution is -2.19. The first-order valence-electron chi connectivity index (χ1n) is 3.58. The zero-order valence-corrected chi connectivity index (χ0v) is 8.42.